The van der Waals surface area contributed by atoms with Crippen LogP contribution in [0.25, 0.3) is 11.3 Å². The van der Waals surface area contributed by atoms with Crippen molar-refractivity contribution < 1.29 is 0 Å². The Kier molecular flexibility index (Phi) is 2.95. The number of hydrogen-bond donors (Lipinski definition) is 1. The van der Waals surface area contributed by atoms with Gasteiger partial charge >= 0.3 is 0 Å². The van der Waals surface area contributed by atoms with Crippen LogP contribution >= 0.6 is 0 Å². The molecule has 0 fully saturated rings. The van der Waals surface area contributed by atoms with Crippen molar-refractivity contribution in [3.63, 3.8) is 0 Å². The van der Waals surface area contributed by atoms with Crippen molar-refractivity contribution >= 4 is 5.82 Å². The van der Waals surface area contributed by atoms with Crippen LogP contribution in [0.1, 0.15) is 16.7 Å². The van der Waals surface area contributed by atoms with Gasteiger partial charge in [0.05, 0.1) is 11.3 Å². The predicted octanol–water partition coefficient (Wildman–Crippen LogP) is 2.38. The van der Waals surface area contributed by atoms with Gasteiger partial charge in [-0.15, -0.1) is 0 Å². The minimum atomic E-state index is 0.0958. The molecule has 0 saturated heterocycles. The molecule has 0 amide bonds. The summed E-state index contributed by atoms with van der Waals surface area (Å²) in [5.41, 5.74) is 8.37. The molecule has 1 aromatic heterocycles. The minimum absolute atomic E-state index is 0.0958. The first-order valence-electron chi connectivity index (χ1n) is 5.34. The number of hydrogen-bond acceptors (Lipinski definition) is 4. The summed E-state index contributed by atoms with van der Waals surface area (Å²) in [6.07, 6.45) is 0. The molecule has 2 N–H and O–H groups in total. The van der Waals surface area contributed by atoms with Gasteiger partial charge in [0.15, 0.2) is 0 Å². The van der Waals surface area contributed by atoms with E-state index in [-0.39, 0.29) is 11.4 Å². The lowest BCUT2D eigenvalue weighted by Crippen LogP contribution is -2.03. The molecule has 2 aromatic rings. The predicted molar refractivity (Wildman–Crippen MR) is 68.3 cm³/mol. The SMILES string of the molecule is Cc1c(-c2ccccc2)nc(N)c(C#N)c1C#N. The lowest BCUT2D eigenvalue weighted by atomic mass is 9.99. The lowest BCUT2D eigenvalue weighted by molar-refractivity contribution is 1.23. The van der Waals surface area contributed by atoms with E-state index in [4.69, 9.17) is 16.3 Å². The molecule has 0 spiro atoms. The molecular formula is C14H10N4. The van der Waals surface area contributed by atoms with Crippen molar-refractivity contribution in [3.8, 4) is 23.4 Å². The maximum absolute atomic E-state index is 9.14. The maximum Gasteiger partial charge on any atom is 0.143 e. The zero-order valence-electron chi connectivity index (χ0n) is 9.81. The fraction of sp³-hybridized carbons (Fsp3) is 0.0714. The second-order valence-electron chi connectivity index (χ2n) is 3.81. The third-order valence-corrected chi connectivity index (χ3v) is 2.74. The van der Waals surface area contributed by atoms with Crippen LogP contribution in [0.5, 0.6) is 0 Å². The molecule has 0 aliphatic carbocycles. The molecule has 0 saturated carbocycles. The zero-order chi connectivity index (χ0) is 13.1. The summed E-state index contributed by atoms with van der Waals surface area (Å²) in [4.78, 5) is 4.23. The van der Waals surface area contributed by atoms with Gasteiger partial charge < -0.3 is 5.73 Å². The molecule has 1 heterocycles. The lowest BCUT2D eigenvalue weighted by Gasteiger charge is -2.09. The van der Waals surface area contributed by atoms with Gasteiger partial charge in [0.2, 0.25) is 0 Å². The number of nitrogens with two attached hydrogens (primary N) is 1. The maximum atomic E-state index is 9.14. The van der Waals surface area contributed by atoms with Gasteiger partial charge in [-0.2, -0.15) is 10.5 Å². The summed E-state index contributed by atoms with van der Waals surface area (Å²) < 4.78 is 0. The summed E-state index contributed by atoms with van der Waals surface area (Å²) in [7, 11) is 0. The van der Waals surface area contributed by atoms with Gasteiger partial charge in [-0.05, 0) is 12.5 Å². The smallest absolute Gasteiger partial charge is 0.143 e. The number of nitrogens with zero attached hydrogens (tertiary/aromatic N) is 3. The first-order chi connectivity index (χ1) is 8.69. The Labute approximate surface area is 105 Å². The van der Waals surface area contributed by atoms with Crippen LogP contribution in [-0.4, -0.2) is 4.98 Å². The van der Waals surface area contributed by atoms with E-state index < -0.39 is 0 Å². The highest BCUT2D eigenvalue weighted by Crippen LogP contribution is 2.27. The van der Waals surface area contributed by atoms with E-state index in [1.807, 2.05) is 42.5 Å². The number of pyridine rings is 1. The van der Waals surface area contributed by atoms with Gasteiger partial charge in [-0.1, -0.05) is 30.3 Å². The second kappa shape index (κ2) is 4.57. The van der Waals surface area contributed by atoms with E-state index in [2.05, 4.69) is 4.98 Å². The van der Waals surface area contributed by atoms with Crippen LogP contribution in [0, 0.1) is 29.6 Å². The number of nitrogen functional groups attached to an aromatic ring is 1. The average Bonchev–Trinajstić information content (AvgIpc) is 2.41. The first-order valence-corrected chi connectivity index (χ1v) is 5.34. The van der Waals surface area contributed by atoms with Crippen LogP contribution in [0.4, 0.5) is 5.82 Å². The van der Waals surface area contributed by atoms with Crippen molar-refractivity contribution in [3.05, 3.63) is 47.0 Å². The number of rotatable bonds is 1. The van der Waals surface area contributed by atoms with Crippen molar-refractivity contribution in [2.45, 2.75) is 6.92 Å². The Morgan fingerprint density at radius 3 is 2.22 bits per heavy atom. The van der Waals surface area contributed by atoms with E-state index in [1.54, 1.807) is 6.92 Å². The molecule has 18 heavy (non-hydrogen) atoms. The van der Waals surface area contributed by atoms with Gasteiger partial charge in [0.1, 0.15) is 23.5 Å². The van der Waals surface area contributed by atoms with E-state index in [0.29, 0.717) is 16.8 Å². The molecule has 4 nitrogen and oxygen atoms in total. The van der Waals surface area contributed by atoms with Crippen molar-refractivity contribution in [1.29, 1.82) is 10.5 Å². The van der Waals surface area contributed by atoms with Crippen LogP contribution in [0.15, 0.2) is 30.3 Å². The van der Waals surface area contributed by atoms with Crippen molar-refractivity contribution in [2.24, 2.45) is 0 Å². The minimum Gasteiger partial charge on any atom is -0.383 e. The monoisotopic (exact) mass is 234 g/mol. The molecule has 0 atom stereocenters. The van der Waals surface area contributed by atoms with E-state index in [1.165, 1.54) is 0 Å². The van der Waals surface area contributed by atoms with Gasteiger partial charge in [0, 0.05) is 5.56 Å². The molecule has 0 radical (unpaired) electrons. The Morgan fingerprint density at radius 1 is 1.06 bits per heavy atom. The van der Waals surface area contributed by atoms with Crippen LogP contribution < -0.4 is 5.73 Å². The largest absolute Gasteiger partial charge is 0.383 e. The van der Waals surface area contributed by atoms with Gasteiger partial charge in [-0.25, -0.2) is 4.98 Å². The average molecular weight is 234 g/mol. The fourth-order valence-electron chi connectivity index (χ4n) is 1.82. The summed E-state index contributed by atoms with van der Waals surface area (Å²) in [5.74, 6) is 0.0958. The molecule has 0 aliphatic heterocycles. The highest BCUT2D eigenvalue weighted by atomic mass is 14.9. The van der Waals surface area contributed by atoms with E-state index in [0.717, 1.165) is 5.56 Å². The number of nitriles is 2. The molecule has 0 aliphatic rings. The molecule has 1 aromatic carbocycles. The molecule has 2 rings (SSSR count). The number of benzene rings is 1. The Hall–Kier alpha value is -2.85. The first kappa shape index (κ1) is 11.6. The standard InChI is InChI=1S/C14H10N4/c1-9-11(7-15)12(8-16)14(17)18-13(9)10-5-3-2-4-6-10/h2-6H,1H3,(H2,17,18). The third kappa shape index (κ3) is 1.77. The Balaban J connectivity index is 2.78. The molecule has 86 valence electrons. The number of aromatic nitrogens is 1. The number of anilines is 1. The van der Waals surface area contributed by atoms with Crippen LogP contribution in [0.3, 0.4) is 0 Å². The summed E-state index contributed by atoms with van der Waals surface area (Å²) in [5, 5.41) is 18.1. The summed E-state index contributed by atoms with van der Waals surface area (Å²) in [6, 6.07) is 13.4. The fourth-order valence-corrected chi connectivity index (χ4v) is 1.82. The van der Waals surface area contributed by atoms with E-state index >= 15 is 0 Å². The molecule has 0 unspecified atom stereocenters. The Morgan fingerprint density at radius 2 is 1.67 bits per heavy atom. The zero-order valence-corrected chi connectivity index (χ0v) is 9.81. The third-order valence-electron chi connectivity index (χ3n) is 2.74. The van der Waals surface area contributed by atoms with E-state index in [9.17, 15) is 0 Å². The molecule has 0 bridgehead atoms. The van der Waals surface area contributed by atoms with Gasteiger partial charge in [-0.3, -0.25) is 0 Å². The summed E-state index contributed by atoms with van der Waals surface area (Å²) in [6.45, 7) is 1.77. The molecular weight excluding hydrogens is 224 g/mol. The Bertz CT molecular complexity index is 676. The highest BCUT2D eigenvalue weighted by Gasteiger charge is 2.16. The summed E-state index contributed by atoms with van der Waals surface area (Å²) >= 11 is 0. The molecule has 4 heteroatoms. The topological polar surface area (TPSA) is 86.5 Å². The van der Waals surface area contributed by atoms with Gasteiger partial charge in [0.25, 0.3) is 0 Å². The van der Waals surface area contributed by atoms with Crippen LogP contribution in [-0.2, 0) is 0 Å². The highest BCUT2D eigenvalue weighted by molar-refractivity contribution is 5.72. The second-order valence-corrected chi connectivity index (χ2v) is 3.81. The quantitative estimate of drug-likeness (QED) is 0.820. The van der Waals surface area contributed by atoms with Crippen LogP contribution in [0.2, 0.25) is 0 Å². The van der Waals surface area contributed by atoms with Crippen molar-refractivity contribution in [1.82, 2.24) is 4.98 Å². The van der Waals surface area contributed by atoms with Crippen molar-refractivity contribution in [2.75, 3.05) is 5.73 Å². The normalized spacial score (nSPS) is 9.50.